The number of nitrogens with zero attached hydrogens (tertiary/aromatic N) is 5. The summed E-state index contributed by atoms with van der Waals surface area (Å²) >= 11 is 7.08. The summed E-state index contributed by atoms with van der Waals surface area (Å²) in [4.78, 5) is 19.6. The third-order valence-corrected chi connectivity index (χ3v) is 9.09. The van der Waals surface area contributed by atoms with Crippen molar-refractivity contribution in [1.29, 1.82) is 0 Å². The topological polar surface area (TPSA) is 56.5 Å². The number of fused-ring (bicyclic) bond motifs is 1. The molecule has 2 aromatic heterocycles. The van der Waals surface area contributed by atoms with Crippen LogP contribution in [0, 0.1) is 0 Å². The number of halogens is 2. The normalized spacial score (nSPS) is 11.2. The maximum atomic E-state index is 4.99. The second-order valence-electron chi connectivity index (χ2n) is 11.1. The van der Waals surface area contributed by atoms with E-state index < -0.39 is 0 Å². The number of para-hydroxylation sites is 2. The number of imidazole rings is 1. The van der Waals surface area contributed by atoms with Crippen molar-refractivity contribution in [2.24, 2.45) is 0 Å². The van der Waals surface area contributed by atoms with Crippen molar-refractivity contribution in [3.63, 3.8) is 0 Å². The van der Waals surface area contributed by atoms with Gasteiger partial charge in [0.15, 0.2) is 17.5 Å². The summed E-state index contributed by atoms with van der Waals surface area (Å²) in [7, 11) is 0. The summed E-state index contributed by atoms with van der Waals surface area (Å²) in [5.74, 6) is 2.81. The largest absolute Gasteiger partial charge is 0.292 e. The Kier molecular flexibility index (Phi) is 7.77. The minimum atomic E-state index is 0.631. The minimum absolute atomic E-state index is 0.631. The van der Waals surface area contributed by atoms with Gasteiger partial charge in [0.05, 0.1) is 11.0 Å². The fourth-order valence-electron chi connectivity index (χ4n) is 5.64. The highest BCUT2D eigenvalue weighted by atomic mass is 79.9. The molecule has 0 spiro atoms. The second-order valence-corrected chi connectivity index (χ2v) is 12.9. The van der Waals surface area contributed by atoms with Crippen molar-refractivity contribution in [2.45, 2.75) is 0 Å². The molecule has 0 saturated carbocycles. The standard InChI is InChI=1S/C40H25Br2N5/c41-32-20-14-30(15-21-32)39-45-37(28-6-2-1-3-7-28)44-38(46-39)29-12-10-26(11-13-29)27-18-24-34(25-19-27)47-36-9-5-4-8-35(36)43-40(47)31-16-22-33(42)23-17-31/h1-25H. The van der Waals surface area contributed by atoms with Crippen LogP contribution < -0.4 is 0 Å². The van der Waals surface area contributed by atoms with Crippen LogP contribution in [-0.2, 0) is 0 Å². The molecule has 224 valence electrons. The average Bonchev–Trinajstić information content (AvgIpc) is 3.52. The Morgan fingerprint density at radius 2 is 0.787 bits per heavy atom. The molecule has 0 unspecified atom stereocenters. The first kappa shape index (κ1) is 29.2. The zero-order valence-corrected chi connectivity index (χ0v) is 28.1. The first-order valence-electron chi connectivity index (χ1n) is 15.1. The Morgan fingerprint density at radius 1 is 0.362 bits per heavy atom. The molecule has 7 heteroatoms. The summed E-state index contributed by atoms with van der Waals surface area (Å²) in [5.41, 5.74) is 9.16. The molecular weight excluding hydrogens is 710 g/mol. The molecule has 0 aliphatic rings. The Bertz CT molecular complexity index is 2330. The number of hydrogen-bond acceptors (Lipinski definition) is 4. The van der Waals surface area contributed by atoms with Crippen LogP contribution in [-0.4, -0.2) is 24.5 Å². The SMILES string of the molecule is Brc1ccc(-c2nc(-c3ccccc3)nc(-c3ccc(-c4ccc(-n5c(-c6ccc(Br)cc6)nc6ccccc65)cc4)cc3)n2)cc1. The molecule has 0 aliphatic heterocycles. The van der Waals surface area contributed by atoms with Crippen molar-refractivity contribution < 1.29 is 0 Å². The predicted octanol–water partition coefficient (Wildman–Crippen LogP) is 11.1. The summed E-state index contributed by atoms with van der Waals surface area (Å²) < 4.78 is 4.27. The molecule has 0 radical (unpaired) electrons. The van der Waals surface area contributed by atoms with Gasteiger partial charge in [0.1, 0.15) is 5.82 Å². The van der Waals surface area contributed by atoms with Gasteiger partial charge in [0.2, 0.25) is 0 Å². The number of rotatable bonds is 6. The summed E-state index contributed by atoms with van der Waals surface area (Å²) in [6.07, 6.45) is 0. The molecule has 0 fully saturated rings. The first-order valence-corrected chi connectivity index (χ1v) is 16.7. The molecule has 0 aliphatic carbocycles. The molecule has 0 amide bonds. The fourth-order valence-corrected chi connectivity index (χ4v) is 6.17. The highest BCUT2D eigenvalue weighted by molar-refractivity contribution is 9.10. The van der Waals surface area contributed by atoms with E-state index in [0.29, 0.717) is 17.5 Å². The number of benzene rings is 6. The van der Waals surface area contributed by atoms with Gasteiger partial charge in [-0.25, -0.2) is 19.9 Å². The van der Waals surface area contributed by atoms with Gasteiger partial charge < -0.3 is 0 Å². The highest BCUT2D eigenvalue weighted by Gasteiger charge is 2.15. The zero-order valence-electron chi connectivity index (χ0n) is 24.9. The molecule has 0 N–H and O–H groups in total. The molecule has 47 heavy (non-hydrogen) atoms. The van der Waals surface area contributed by atoms with E-state index in [4.69, 9.17) is 19.9 Å². The van der Waals surface area contributed by atoms with Crippen LogP contribution in [0.3, 0.4) is 0 Å². The van der Waals surface area contributed by atoms with Crippen molar-refractivity contribution in [3.05, 3.63) is 161 Å². The molecule has 5 nitrogen and oxygen atoms in total. The van der Waals surface area contributed by atoms with Gasteiger partial charge in [0.25, 0.3) is 0 Å². The van der Waals surface area contributed by atoms with Crippen molar-refractivity contribution in [1.82, 2.24) is 24.5 Å². The van der Waals surface area contributed by atoms with E-state index in [-0.39, 0.29) is 0 Å². The van der Waals surface area contributed by atoms with Gasteiger partial charge in [-0.1, -0.05) is 135 Å². The molecule has 8 rings (SSSR count). The maximum absolute atomic E-state index is 4.99. The van der Waals surface area contributed by atoms with E-state index in [1.165, 1.54) is 0 Å². The van der Waals surface area contributed by atoms with E-state index in [1.54, 1.807) is 0 Å². The first-order chi connectivity index (χ1) is 23.1. The zero-order chi connectivity index (χ0) is 31.7. The van der Waals surface area contributed by atoms with E-state index in [1.807, 2.05) is 72.8 Å². The maximum Gasteiger partial charge on any atom is 0.164 e. The summed E-state index contributed by atoms with van der Waals surface area (Å²) in [6, 6.07) is 51.6. The van der Waals surface area contributed by atoms with E-state index in [9.17, 15) is 0 Å². The van der Waals surface area contributed by atoms with E-state index in [0.717, 1.165) is 64.9 Å². The van der Waals surface area contributed by atoms with Gasteiger partial charge in [0, 0.05) is 36.9 Å². The monoisotopic (exact) mass is 733 g/mol. The number of aromatic nitrogens is 5. The van der Waals surface area contributed by atoms with E-state index in [2.05, 4.69) is 115 Å². The van der Waals surface area contributed by atoms with Gasteiger partial charge in [-0.15, -0.1) is 0 Å². The van der Waals surface area contributed by atoms with Crippen LogP contribution in [0.15, 0.2) is 161 Å². The van der Waals surface area contributed by atoms with Gasteiger partial charge in [-0.3, -0.25) is 4.57 Å². The molecule has 8 aromatic rings. The molecule has 0 bridgehead atoms. The fraction of sp³-hybridized carbons (Fsp3) is 0. The van der Waals surface area contributed by atoms with Crippen molar-refractivity contribution >= 4 is 42.9 Å². The van der Waals surface area contributed by atoms with E-state index >= 15 is 0 Å². The van der Waals surface area contributed by atoms with Gasteiger partial charge in [-0.2, -0.15) is 0 Å². The molecule has 0 atom stereocenters. The van der Waals surface area contributed by atoms with Crippen LogP contribution in [0.1, 0.15) is 0 Å². The lowest BCUT2D eigenvalue weighted by molar-refractivity contribution is 1.07. The smallest absolute Gasteiger partial charge is 0.164 e. The van der Waals surface area contributed by atoms with Crippen molar-refractivity contribution in [3.8, 4) is 62.4 Å². The van der Waals surface area contributed by atoms with Crippen LogP contribution >= 0.6 is 31.9 Å². The summed E-state index contributed by atoms with van der Waals surface area (Å²) in [6.45, 7) is 0. The Balaban J connectivity index is 1.13. The molecular formula is C40H25Br2N5. The molecule has 2 heterocycles. The van der Waals surface area contributed by atoms with Crippen molar-refractivity contribution in [2.75, 3.05) is 0 Å². The minimum Gasteiger partial charge on any atom is -0.292 e. The molecule has 0 saturated heterocycles. The third kappa shape index (κ3) is 5.91. The van der Waals surface area contributed by atoms with Gasteiger partial charge in [-0.05, 0) is 59.7 Å². The Labute approximate surface area is 288 Å². The lowest BCUT2D eigenvalue weighted by Crippen LogP contribution is -2.00. The predicted molar refractivity (Wildman–Crippen MR) is 197 cm³/mol. The second kappa shape index (κ2) is 12.5. The third-order valence-electron chi connectivity index (χ3n) is 8.03. The van der Waals surface area contributed by atoms with Crippen LogP contribution in [0.4, 0.5) is 0 Å². The number of hydrogen-bond donors (Lipinski definition) is 0. The van der Waals surface area contributed by atoms with Crippen LogP contribution in [0.2, 0.25) is 0 Å². The Hall–Kier alpha value is -5.24. The van der Waals surface area contributed by atoms with Gasteiger partial charge >= 0.3 is 0 Å². The van der Waals surface area contributed by atoms with Crippen LogP contribution in [0.25, 0.3) is 73.4 Å². The Morgan fingerprint density at radius 3 is 1.36 bits per heavy atom. The highest BCUT2D eigenvalue weighted by Crippen LogP contribution is 2.32. The summed E-state index contributed by atoms with van der Waals surface area (Å²) in [5, 5.41) is 0. The van der Waals surface area contributed by atoms with Crippen LogP contribution in [0.5, 0.6) is 0 Å². The quantitative estimate of drug-likeness (QED) is 0.171. The molecule has 6 aromatic carbocycles. The lowest BCUT2D eigenvalue weighted by Gasteiger charge is -2.11. The average molecular weight is 735 g/mol. The lowest BCUT2D eigenvalue weighted by atomic mass is 10.0.